The highest BCUT2D eigenvalue weighted by Gasteiger charge is 2.23. The zero-order valence-electron chi connectivity index (χ0n) is 10.0. The normalized spacial score (nSPS) is 16.7. The van der Waals surface area contributed by atoms with Gasteiger partial charge in [0, 0.05) is 0 Å². The molecule has 0 bridgehead atoms. The van der Waals surface area contributed by atoms with E-state index >= 15 is 0 Å². The maximum Gasteiger partial charge on any atom is 0.336 e. The molecular formula is C15H12O4. The van der Waals surface area contributed by atoms with Gasteiger partial charge in [0.15, 0.2) is 0 Å². The quantitative estimate of drug-likeness (QED) is 0.871. The van der Waals surface area contributed by atoms with Crippen molar-refractivity contribution in [2.24, 2.45) is 0 Å². The van der Waals surface area contributed by atoms with Crippen molar-refractivity contribution in [1.82, 2.24) is 0 Å². The Morgan fingerprint density at radius 3 is 2.32 bits per heavy atom. The van der Waals surface area contributed by atoms with E-state index in [0.717, 1.165) is 5.56 Å². The Hall–Kier alpha value is -2.62. The fraction of sp³-hybridized carbons (Fsp3) is 0.0667. The Bertz CT molecular complexity index is 606. The molecule has 0 spiro atoms. The summed E-state index contributed by atoms with van der Waals surface area (Å²) in [4.78, 5) is 22.3. The second kappa shape index (κ2) is 5.35. The highest BCUT2D eigenvalue weighted by atomic mass is 16.4. The van der Waals surface area contributed by atoms with Gasteiger partial charge in [-0.2, -0.15) is 0 Å². The number of benzene rings is 1. The van der Waals surface area contributed by atoms with Crippen LogP contribution < -0.4 is 0 Å². The minimum atomic E-state index is -1.23. The molecule has 1 aliphatic rings. The van der Waals surface area contributed by atoms with E-state index in [1.54, 1.807) is 12.2 Å². The highest BCUT2D eigenvalue weighted by Crippen LogP contribution is 2.27. The first-order chi connectivity index (χ1) is 9.09. The number of hydrogen-bond donors (Lipinski definition) is 2. The van der Waals surface area contributed by atoms with Gasteiger partial charge in [-0.15, -0.1) is 0 Å². The molecule has 0 radical (unpaired) electrons. The van der Waals surface area contributed by atoms with Gasteiger partial charge in [-0.3, -0.25) is 0 Å². The van der Waals surface area contributed by atoms with Crippen LogP contribution in [0, 0.1) is 0 Å². The smallest absolute Gasteiger partial charge is 0.336 e. The van der Waals surface area contributed by atoms with Crippen molar-refractivity contribution in [2.45, 2.75) is 6.42 Å². The monoisotopic (exact) mass is 256 g/mol. The number of aliphatic carboxylic acids is 2. The third-order valence-electron chi connectivity index (χ3n) is 2.80. The molecule has 2 rings (SSSR count). The second-order valence-corrected chi connectivity index (χ2v) is 4.09. The summed E-state index contributed by atoms with van der Waals surface area (Å²) in [5.41, 5.74) is 1.02. The zero-order valence-corrected chi connectivity index (χ0v) is 10.0. The standard InChI is InChI=1S/C15H12O4/c16-14(17)12-8-4-7-11(13(12)15(18)19)9-10-5-2-1-3-6-10/h1-6,8-9H,7H2,(H,16,17)(H,18,19). The predicted octanol–water partition coefficient (Wildman–Crippen LogP) is 2.50. The van der Waals surface area contributed by atoms with E-state index in [-0.39, 0.29) is 11.1 Å². The molecule has 0 saturated heterocycles. The first-order valence-electron chi connectivity index (χ1n) is 5.73. The van der Waals surface area contributed by atoms with Crippen LogP contribution in [0.25, 0.3) is 6.08 Å². The lowest BCUT2D eigenvalue weighted by molar-refractivity contribution is -0.135. The third-order valence-corrected chi connectivity index (χ3v) is 2.80. The van der Waals surface area contributed by atoms with Gasteiger partial charge in [0.1, 0.15) is 0 Å². The van der Waals surface area contributed by atoms with Gasteiger partial charge in [-0.25, -0.2) is 9.59 Å². The van der Waals surface area contributed by atoms with Crippen LogP contribution >= 0.6 is 0 Å². The molecule has 2 N–H and O–H groups in total. The van der Waals surface area contributed by atoms with Crippen molar-refractivity contribution in [1.29, 1.82) is 0 Å². The summed E-state index contributed by atoms with van der Waals surface area (Å²) in [5.74, 6) is -2.45. The fourth-order valence-corrected chi connectivity index (χ4v) is 1.97. The Morgan fingerprint density at radius 2 is 1.74 bits per heavy atom. The third kappa shape index (κ3) is 2.80. The average molecular weight is 256 g/mol. The minimum absolute atomic E-state index is 0.140. The van der Waals surface area contributed by atoms with E-state index < -0.39 is 11.9 Å². The van der Waals surface area contributed by atoms with Crippen LogP contribution in [0.15, 0.2) is 59.2 Å². The first-order valence-corrected chi connectivity index (χ1v) is 5.73. The summed E-state index contributed by atoms with van der Waals surface area (Å²) in [6, 6.07) is 9.22. The van der Waals surface area contributed by atoms with E-state index in [9.17, 15) is 14.7 Å². The molecular weight excluding hydrogens is 244 g/mol. The molecule has 0 unspecified atom stereocenters. The Kier molecular flexibility index (Phi) is 3.61. The van der Waals surface area contributed by atoms with Gasteiger partial charge in [-0.05, 0) is 17.6 Å². The van der Waals surface area contributed by atoms with Crippen LogP contribution in [0.5, 0.6) is 0 Å². The number of allylic oxidation sites excluding steroid dienone is 1. The molecule has 0 heterocycles. The maximum absolute atomic E-state index is 11.3. The van der Waals surface area contributed by atoms with Crippen molar-refractivity contribution < 1.29 is 19.8 Å². The van der Waals surface area contributed by atoms with Gasteiger partial charge < -0.3 is 10.2 Å². The van der Waals surface area contributed by atoms with Gasteiger partial charge in [-0.1, -0.05) is 48.6 Å². The number of carbonyl (C=O) groups is 2. The van der Waals surface area contributed by atoms with E-state index in [1.807, 2.05) is 30.3 Å². The number of carboxylic acid groups (broad SMARTS) is 2. The largest absolute Gasteiger partial charge is 0.478 e. The minimum Gasteiger partial charge on any atom is -0.478 e. The molecule has 0 aliphatic heterocycles. The maximum atomic E-state index is 11.3. The number of carboxylic acids is 2. The molecule has 0 atom stereocenters. The lowest BCUT2D eigenvalue weighted by Crippen LogP contribution is -2.14. The summed E-state index contributed by atoms with van der Waals surface area (Å²) >= 11 is 0. The van der Waals surface area contributed by atoms with Crippen LogP contribution in [0.3, 0.4) is 0 Å². The van der Waals surface area contributed by atoms with Gasteiger partial charge >= 0.3 is 11.9 Å². The molecule has 4 heteroatoms. The summed E-state index contributed by atoms with van der Waals surface area (Å²) in [5, 5.41) is 18.3. The Morgan fingerprint density at radius 1 is 1.05 bits per heavy atom. The van der Waals surface area contributed by atoms with Crippen molar-refractivity contribution in [3.8, 4) is 0 Å². The van der Waals surface area contributed by atoms with E-state index in [2.05, 4.69) is 0 Å². The van der Waals surface area contributed by atoms with E-state index in [4.69, 9.17) is 5.11 Å². The molecule has 0 amide bonds. The van der Waals surface area contributed by atoms with Crippen molar-refractivity contribution >= 4 is 18.0 Å². The summed E-state index contributed by atoms with van der Waals surface area (Å²) in [6.07, 6.45) is 5.11. The lowest BCUT2D eigenvalue weighted by atomic mass is 9.91. The summed E-state index contributed by atoms with van der Waals surface area (Å²) in [7, 11) is 0. The van der Waals surface area contributed by atoms with Crippen molar-refractivity contribution in [2.75, 3.05) is 0 Å². The lowest BCUT2D eigenvalue weighted by Gasteiger charge is -2.13. The average Bonchev–Trinajstić information content (AvgIpc) is 2.39. The predicted molar refractivity (Wildman–Crippen MR) is 70.5 cm³/mol. The van der Waals surface area contributed by atoms with E-state index in [0.29, 0.717) is 12.0 Å². The Labute approximate surface area is 110 Å². The number of hydrogen-bond acceptors (Lipinski definition) is 2. The van der Waals surface area contributed by atoms with Crippen LogP contribution in [0.2, 0.25) is 0 Å². The fourth-order valence-electron chi connectivity index (χ4n) is 1.97. The molecule has 4 nitrogen and oxygen atoms in total. The van der Waals surface area contributed by atoms with Crippen LogP contribution in [-0.4, -0.2) is 22.2 Å². The topological polar surface area (TPSA) is 74.6 Å². The molecule has 96 valence electrons. The molecule has 1 aromatic carbocycles. The molecule has 1 aromatic rings. The molecule has 0 fully saturated rings. The Balaban J connectivity index is 2.52. The van der Waals surface area contributed by atoms with Gasteiger partial charge in [0.25, 0.3) is 0 Å². The molecule has 19 heavy (non-hydrogen) atoms. The van der Waals surface area contributed by atoms with Gasteiger partial charge in [0.05, 0.1) is 11.1 Å². The van der Waals surface area contributed by atoms with Crippen LogP contribution in [0.1, 0.15) is 12.0 Å². The highest BCUT2D eigenvalue weighted by molar-refractivity contribution is 6.05. The SMILES string of the molecule is O=C(O)C1=C(C(=O)O)C(=Cc2ccccc2)CC=C1. The van der Waals surface area contributed by atoms with Gasteiger partial charge in [0.2, 0.25) is 0 Å². The molecule has 1 aliphatic carbocycles. The van der Waals surface area contributed by atoms with Crippen molar-refractivity contribution in [3.05, 3.63) is 64.8 Å². The summed E-state index contributed by atoms with van der Waals surface area (Å²) < 4.78 is 0. The summed E-state index contributed by atoms with van der Waals surface area (Å²) in [6.45, 7) is 0. The zero-order chi connectivity index (χ0) is 13.8. The number of rotatable bonds is 3. The molecule has 0 aromatic heterocycles. The molecule has 0 saturated carbocycles. The first kappa shape index (κ1) is 12.8. The van der Waals surface area contributed by atoms with Crippen LogP contribution in [-0.2, 0) is 9.59 Å². The van der Waals surface area contributed by atoms with Crippen LogP contribution in [0.4, 0.5) is 0 Å². The van der Waals surface area contributed by atoms with E-state index in [1.165, 1.54) is 6.08 Å². The van der Waals surface area contributed by atoms with Crippen molar-refractivity contribution in [3.63, 3.8) is 0 Å². The second-order valence-electron chi connectivity index (χ2n) is 4.09.